The predicted octanol–water partition coefficient (Wildman–Crippen LogP) is 2.72. The van der Waals surface area contributed by atoms with Gasteiger partial charge in [-0.25, -0.2) is 8.78 Å². The van der Waals surface area contributed by atoms with Gasteiger partial charge in [-0.15, -0.1) is 0 Å². The number of aryl methyl sites for hydroxylation is 1. The minimum Gasteiger partial charge on any atom is -0.319 e. The van der Waals surface area contributed by atoms with Crippen LogP contribution in [0, 0.1) is 18.6 Å². The lowest BCUT2D eigenvalue weighted by Gasteiger charge is -2.12. The predicted molar refractivity (Wildman–Crippen MR) is 61.4 cm³/mol. The molecule has 0 fully saturated rings. The van der Waals surface area contributed by atoms with Crippen LogP contribution in [0.5, 0.6) is 0 Å². The first-order chi connectivity index (χ1) is 8.06. The third kappa shape index (κ3) is 2.65. The van der Waals surface area contributed by atoms with Crippen LogP contribution in [0.3, 0.4) is 0 Å². The summed E-state index contributed by atoms with van der Waals surface area (Å²) in [5, 5.41) is 0. The maximum Gasteiger partial charge on any atom is 0.126 e. The number of nitrogens with zero attached hydrogens (tertiary/aromatic N) is 1. The van der Waals surface area contributed by atoms with Crippen molar-refractivity contribution in [1.29, 1.82) is 0 Å². The van der Waals surface area contributed by atoms with E-state index in [0.717, 1.165) is 11.6 Å². The summed E-state index contributed by atoms with van der Waals surface area (Å²) < 4.78 is 26.1. The second-order valence-electron chi connectivity index (χ2n) is 3.94. The van der Waals surface area contributed by atoms with E-state index in [1.54, 1.807) is 12.3 Å². The molecule has 1 aromatic carbocycles. The molecule has 17 heavy (non-hydrogen) atoms. The Morgan fingerprint density at radius 1 is 1.12 bits per heavy atom. The normalized spacial score (nSPS) is 12.5. The molecule has 2 N–H and O–H groups in total. The SMILES string of the molecule is Cc1ccnc(C(N)c2cc(F)cc(F)c2)c1. The highest BCUT2D eigenvalue weighted by Crippen LogP contribution is 2.20. The zero-order valence-corrected chi connectivity index (χ0v) is 9.32. The molecule has 1 aromatic heterocycles. The largest absolute Gasteiger partial charge is 0.319 e. The van der Waals surface area contributed by atoms with Crippen LogP contribution in [0.2, 0.25) is 0 Å². The van der Waals surface area contributed by atoms with Crippen LogP contribution in [0.15, 0.2) is 36.5 Å². The van der Waals surface area contributed by atoms with Crippen LogP contribution in [0.1, 0.15) is 22.9 Å². The minimum atomic E-state index is -0.636. The fraction of sp³-hybridized carbons (Fsp3) is 0.154. The third-order valence-corrected chi connectivity index (χ3v) is 2.50. The van der Waals surface area contributed by atoms with Crippen molar-refractivity contribution in [3.05, 3.63) is 65.0 Å². The second-order valence-corrected chi connectivity index (χ2v) is 3.94. The summed E-state index contributed by atoms with van der Waals surface area (Å²) in [5.74, 6) is -1.27. The molecular weight excluding hydrogens is 222 g/mol. The van der Waals surface area contributed by atoms with Crippen molar-refractivity contribution >= 4 is 0 Å². The Hall–Kier alpha value is -1.81. The first-order valence-electron chi connectivity index (χ1n) is 5.20. The quantitative estimate of drug-likeness (QED) is 0.867. The molecule has 0 aliphatic rings. The van der Waals surface area contributed by atoms with E-state index >= 15 is 0 Å². The van der Waals surface area contributed by atoms with E-state index in [0.29, 0.717) is 11.3 Å². The lowest BCUT2D eigenvalue weighted by molar-refractivity contribution is 0.577. The first kappa shape index (κ1) is 11.7. The molecular formula is C13H12F2N2. The third-order valence-electron chi connectivity index (χ3n) is 2.50. The van der Waals surface area contributed by atoms with Gasteiger partial charge in [0.15, 0.2) is 0 Å². The molecule has 88 valence electrons. The van der Waals surface area contributed by atoms with Crippen LogP contribution in [-0.4, -0.2) is 4.98 Å². The summed E-state index contributed by atoms with van der Waals surface area (Å²) >= 11 is 0. The van der Waals surface area contributed by atoms with E-state index in [-0.39, 0.29) is 0 Å². The molecule has 4 heteroatoms. The van der Waals surface area contributed by atoms with Gasteiger partial charge in [0.05, 0.1) is 11.7 Å². The first-order valence-corrected chi connectivity index (χ1v) is 5.20. The number of pyridine rings is 1. The van der Waals surface area contributed by atoms with E-state index in [9.17, 15) is 8.78 Å². The molecule has 1 atom stereocenters. The average Bonchev–Trinajstić information content (AvgIpc) is 2.26. The number of hydrogen-bond acceptors (Lipinski definition) is 2. The van der Waals surface area contributed by atoms with E-state index in [1.807, 2.05) is 13.0 Å². The summed E-state index contributed by atoms with van der Waals surface area (Å²) in [6.07, 6.45) is 1.63. The van der Waals surface area contributed by atoms with E-state index in [1.165, 1.54) is 12.1 Å². The Kier molecular flexibility index (Phi) is 3.15. The van der Waals surface area contributed by atoms with Gasteiger partial charge < -0.3 is 5.73 Å². The van der Waals surface area contributed by atoms with Gasteiger partial charge in [0.25, 0.3) is 0 Å². The molecule has 2 aromatic rings. The molecule has 0 amide bonds. The van der Waals surface area contributed by atoms with Gasteiger partial charge in [-0.1, -0.05) is 0 Å². The molecule has 0 aliphatic heterocycles. The fourth-order valence-corrected chi connectivity index (χ4v) is 1.66. The van der Waals surface area contributed by atoms with Gasteiger partial charge in [-0.05, 0) is 42.3 Å². The van der Waals surface area contributed by atoms with Gasteiger partial charge in [0.2, 0.25) is 0 Å². The smallest absolute Gasteiger partial charge is 0.126 e. The summed E-state index contributed by atoms with van der Waals surface area (Å²) in [6.45, 7) is 1.91. The van der Waals surface area contributed by atoms with Gasteiger partial charge in [0, 0.05) is 12.3 Å². The Balaban J connectivity index is 2.39. The molecule has 0 aliphatic carbocycles. The Morgan fingerprint density at radius 3 is 2.35 bits per heavy atom. The average molecular weight is 234 g/mol. The number of aromatic nitrogens is 1. The molecule has 0 spiro atoms. The summed E-state index contributed by atoms with van der Waals surface area (Å²) in [6, 6.07) is 6.27. The monoisotopic (exact) mass is 234 g/mol. The zero-order valence-electron chi connectivity index (χ0n) is 9.32. The number of benzene rings is 1. The van der Waals surface area contributed by atoms with Crippen LogP contribution in [-0.2, 0) is 0 Å². The van der Waals surface area contributed by atoms with Crippen molar-refractivity contribution in [3.63, 3.8) is 0 Å². The Morgan fingerprint density at radius 2 is 1.76 bits per heavy atom. The second kappa shape index (κ2) is 4.59. The summed E-state index contributed by atoms with van der Waals surface area (Å²) in [4.78, 5) is 4.11. The van der Waals surface area contributed by atoms with E-state index in [2.05, 4.69) is 4.98 Å². The number of rotatable bonds is 2. The standard InChI is InChI=1S/C13H12F2N2/c1-8-2-3-17-12(4-8)13(16)9-5-10(14)7-11(15)6-9/h2-7,13H,16H2,1H3. The molecule has 0 saturated heterocycles. The van der Waals surface area contributed by atoms with E-state index < -0.39 is 17.7 Å². The number of nitrogens with two attached hydrogens (primary N) is 1. The number of halogens is 2. The maximum atomic E-state index is 13.1. The highest BCUT2D eigenvalue weighted by atomic mass is 19.1. The lowest BCUT2D eigenvalue weighted by Crippen LogP contribution is -2.14. The lowest BCUT2D eigenvalue weighted by atomic mass is 10.0. The Bertz CT molecular complexity index is 520. The zero-order chi connectivity index (χ0) is 12.4. The van der Waals surface area contributed by atoms with Crippen LogP contribution < -0.4 is 5.73 Å². The molecule has 0 radical (unpaired) electrons. The molecule has 0 bridgehead atoms. The highest BCUT2D eigenvalue weighted by Gasteiger charge is 2.12. The van der Waals surface area contributed by atoms with Crippen LogP contribution >= 0.6 is 0 Å². The van der Waals surface area contributed by atoms with Gasteiger partial charge in [-0.3, -0.25) is 4.98 Å². The van der Waals surface area contributed by atoms with Gasteiger partial charge in [0.1, 0.15) is 11.6 Å². The molecule has 2 rings (SSSR count). The van der Waals surface area contributed by atoms with Crippen molar-refractivity contribution < 1.29 is 8.78 Å². The topological polar surface area (TPSA) is 38.9 Å². The van der Waals surface area contributed by atoms with Crippen molar-refractivity contribution in [3.8, 4) is 0 Å². The molecule has 1 heterocycles. The highest BCUT2D eigenvalue weighted by molar-refractivity contribution is 5.29. The molecule has 0 saturated carbocycles. The maximum absolute atomic E-state index is 13.1. The minimum absolute atomic E-state index is 0.376. The molecule has 1 unspecified atom stereocenters. The van der Waals surface area contributed by atoms with Gasteiger partial charge in [-0.2, -0.15) is 0 Å². The van der Waals surface area contributed by atoms with Crippen LogP contribution in [0.25, 0.3) is 0 Å². The summed E-state index contributed by atoms with van der Waals surface area (Å²) in [7, 11) is 0. The summed E-state index contributed by atoms with van der Waals surface area (Å²) in [5.41, 5.74) is 7.90. The molecule has 2 nitrogen and oxygen atoms in total. The van der Waals surface area contributed by atoms with Crippen LogP contribution in [0.4, 0.5) is 8.78 Å². The van der Waals surface area contributed by atoms with Crippen molar-refractivity contribution in [2.45, 2.75) is 13.0 Å². The number of hydrogen-bond donors (Lipinski definition) is 1. The van der Waals surface area contributed by atoms with Crippen molar-refractivity contribution in [1.82, 2.24) is 4.98 Å². The van der Waals surface area contributed by atoms with Crippen molar-refractivity contribution in [2.24, 2.45) is 5.73 Å². The Labute approximate surface area is 98.1 Å². The van der Waals surface area contributed by atoms with Gasteiger partial charge >= 0.3 is 0 Å². The van der Waals surface area contributed by atoms with E-state index in [4.69, 9.17) is 5.73 Å². The van der Waals surface area contributed by atoms with Crippen molar-refractivity contribution in [2.75, 3.05) is 0 Å². The fourth-order valence-electron chi connectivity index (χ4n) is 1.66.